The van der Waals surface area contributed by atoms with Crippen LogP contribution in [0.5, 0.6) is 0 Å². The molecule has 0 fully saturated rings. The minimum atomic E-state index is -1.38. The molecule has 6 heteroatoms. The summed E-state index contributed by atoms with van der Waals surface area (Å²) in [5.74, 6) is -4.50. The molecule has 0 aliphatic heterocycles. The van der Waals surface area contributed by atoms with Crippen molar-refractivity contribution in [1.82, 2.24) is 0 Å². The van der Waals surface area contributed by atoms with Gasteiger partial charge in [0.2, 0.25) is 0 Å². The quantitative estimate of drug-likeness (QED) is 0.701. The predicted molar refractivity (Wildman–Crippen MR) is 52.8 cm³/mol. The minimum absolute atomic E-state index is 0.00361. The van der Waals surface area contributed by atoms with Crippen molar-refractivity contribution >= 4 is 11.9 Å². The van der Waals surface area contributed by atoms with Crippen molar-refractivity contribution in [3.63, 3.8) is 0 Å². The van der Waals surface area contributed by atoms with Crippen molar-refractivity contribution in [2.75, 3.05) is 6.54 Å². The Labute approximate surface area is 90.3 Å². The number of carbonyl (C=O) groups is 2. The second-order valence-electron chi connectivity index (χ2n) is 3.16. The largest absolute Gasteiger partial charge is 0.481 e. The molecule has 0 aliphatic rings. The highest BCUT2D eigenvalue weighted by Crippen LogP contribution is 2.21. The number of rotatable bonds is 4. The van der Waals surface area contributed by atoms with Crippen molar-refractivity contribution in [2.24, 2.45) is 5.73 Å². The molecule has 1 rings (SSSR count). The molecule has 0 aliphatic carbocycles. The summed E-state index contributed by atoms with van der Waals surface area (Å²) in [5.41, 5.74) is 4.87. The van der Waals surface area contributed by atoms with Gasteiger partial charge in [-0.2, -0.15) is 0 Å². The van der Waals surface area contributed by atoms with Crippen LogP contribution in [-0.2, 0) is 4.79 Å². The third kappa shape index (κ3) is 2.34. The first kappa shape index (κ1) is 12.1. The van der Waals surface area contributed by atoms with Crippen LogP contribution in [0, 0.1) is 5.82 Å². The fourth-order valence-corrected chi connectivity index (χ4v) is 1.38. The Morgan fingerprint density at radius 3 is 2.44 bits per heavy atom. The summed E-state index contributed by atoms with van der Waals surface area (Å²) in [6, 6.07) is 2.92. The first-order valence-electron chi connectivity index (χ1n) is 4.43. The Bertz CT molecular complexity index is 433. The molecule has 4 N–H and O–H groups in total. The van der Waals surface area contributed by atoms with Crippen LogP contribution >= 0.6 is 0 Å². The van der Waals surface area contributed by atoms with Crippen LogP contribution in [0.2, 0.25) is 0 Å². The Morgan fingerprint density at radius 2 is 2.00 bits per heavy atom. The van der Waals surface area contributed by atoms with Gasteiger partial charge in [-0.3, -0.25) is 4.79 Å². The molecule has 0 bridgehead atoms. The number of aromatic carboxylic acids is 1. The zero-order valence-corrected chi connectivity index (χ0v) is 8.18. The third-order valence-corrected chi connectivity index (χ3v) is 2.15. The van der Waals surface area contributed by atoms with Crippen LogP contribution < -0.4 is 5.73 Å². The van der Waals surface area contributed by atoms with E-state index in [1.807, 2.05) is 0 Å². The Morgan fingerprint density at radius 1 is 1.38 bits per heavy atom. The third-order valence-electron chi connectivity index (χ3n) is 2.15. The van der Waals surface area contributed by atoms with Crippen molar-refractivity contribution in [1.29, 1.82) is 0 Å². The summed E-state index contributed by atoms with van der Waals surface area (Å²) in [6.45, 7) is -0.249. The van der Waals surface area contributed by atoms with Crippen LogP contribution in [0.1, 0.15) is 21.8 Å². The highest BCUT2D eigenvalue weighted by atomic mass is 19.1. The van der Waals surface area contributed by atoms with Crippen LogP contribution in [0.25, 0.3) is 0 Å². The molecule has 0 saturated heterocycles. The summed E-state index contributed by atoms with van der Waals surface area (Å²) in [7, 11) is 0. The van der Waals surface area contributed by atoms with Gasteiger partial charge in [0.05, 0.1) is 11.5 Å². The molecule has 1 atom stereocenters. The molecular formula is C10H10FNO4. The average molecular weight is 227 g/mol. The van der Waals surface area contributed by atoms with Crippen molar-refractivity contribution < 1.29 is 24.2 Å². The number of nitrogens with two attached hydrogens (primary N) is 1. The lowest BCUT2D eigenvalue weighted by atomic mass is 9.94. The number of carboxylic acid groups (broad SMARTS) is 2. The molecule has 86 valence electrons. The van der Waals surface area contributed by atoms with E-state index in [1.165, 1.54) is 0 Å². The second-order valence-corrected chi connectivity index (χ2v) is 3.16. The van der Waals surface area contributed by atoms with Crippen LogP contribution in [0.3, 0.4) is 0 Å². The summed E-state index contributed by atoms with van der Waals surface area (Å²) in [6.07, 6.45) is 0. The maximum absolute atomic E-state index is 12.8. The average Bonchev–Trinajstić information content (AvgIpc) is 2.20. The van der Waals surface area contributed by atoms with Gasteiger partial charge in [0.1, 0.15) is 5.82 Å². The van der Waals surface area contributed by atoms with E-state index in [1.54, 1.807) is 0 Å². The van der Waals surface area contributed by atoms with Gasteiger partial charge in [0.15, 0.2) is 0 Å². The smallest absolute Gasteiger partial charge is 0.336 e. The highest BCUT2D eigenvalue weighted by Gasteiger charge is 2.24. The maximum Gasteiger partial charge on any atom is 0.336 e. The molecule has 5 nitrogen and oxygen atoms in total. The van der Waals surface area contributed by atoms with Crippen LogP contribution in [0.4, 0.5) is 4.39 Å². The summed E-state index contributed by atoms with van der Waals surface area (Å²) in [4.78, 5) is 21.6. The summed E-state index contributed by atoms with van der Waals surface area (Å²) >= 11 is 0. The molecule has 0 saturated carbocycles. The van der Waals surface area contributed by atoms with E-state index in [4.69, 9.17) is 15.9 Å². The van der Waals surface area contributed by atoms with Gasteiger partial charge in [-0.1, -0.05) is 6.07 Å². The maximum atomic E-state index is 12.8. The van der Waals surface area contributed by atoms with Gasteiger partial charge < -0.3 is 15.9 Å². The number of aliphatic carboxylic acids is 1. The highest BCUT2D eigenvalue weighted by molar-refractivity contribution is 5.92. The number of benzene rings is 1. The Kier molecular flexibility index (Phi) is 3.57. The van der Waals surface area contributed by atoms with E-state index in [2.05, 4.69) is 0 Å². The van der Waals surface area contributed by atoms with E-state index in [9.17, 15) is 14.0 Å². The lowest BCUT2D eigenvalue weighted by Gasteiger charge is -2.12. The van der Waals surface area contributed by atoms with E-state index in [-0.39, 0.29) is 17.7 Å². The molecule has 16 heavy (non-hydrogen) atoms. The molecule has 0 aromatic heterocycles. The molecule has 1 unspecified atom stereocenters. The standard InChI is InChI=1S/C10H10FNO4/c11-5-1-2-6(7(3-5)9(13)14)8(4-12)10(15)16/h1-3,8H,4,12H2,(H,13,14)(H,15,16). The van der Waals surface area contributed by atoms with E-state index in [0.29, 0.717) is 0 Å². The second kappa shape index (κ2) is 4.71. The molecule has 0 heterocycles. The topological polar surface area (TPSA) is 101 Å². The first-order chi connectivity index (χ1) is 7.47. The van der Waals surface area contributed by atoms with Gasteiger partial charge in [-0.05, 0) is 17.7 Å². The normalized spacial score (nSPS) is 12.1. The van der Waals surface area contributed by atoms with Crippen molar-refractivity contribution in [3.05, 3.63) is 35.1 Å². The lowest BCUT2D eigenvalue weighted by Crippen LogP contribution is -2.23. The molecular weight excluding hydrogens is 217 g/mol. The fourth-order valence-electron chi connectivity index (χ4n) is 1.38. The van der Waals surface area contributed by atoms with Crippen LogP contribution in [0.15, 0.2) is 18.2 Å². The Balaban J connectivity index is 3.31. The van der Waals surface area contributed by atoms with E-state index < -0.39 is 23.7 Å². The SMILES string of the molecule is NCC(C(=O)O)c1ccc(F)cc1C(=O)O. The molecule has 0 radical (unpaired) electrons. The van der Waals surface area contributed by atoms with Gasteiger partial charge in [0, 0.05) is 6.54 Å². The van der Waals surface area contributed by atoms with Gasteiger partial charge >= 0.3 is 11.9 Å². The summed E-state index contributed by atoms with van der Waals surface area (Å²) in [5, 5.41) is 17.7. The zero-order valence-electron chi connectivity index (χ0n) is 8.18. The number of hydrogen-bond acceptors (Lipinski definition) is 3. The lowest BCUT2D eigenvalue weighted by molar-refractivity contribution is -0.138. The predicted octanol–water partition coefficient (Wildman–Crippen LogP) is 0.651. The van der Waals surface area contributed by atoms with Gasteiger partial charge in [-0.25, -0.2) is 9.18 Å². The van der Waals surface area contributed by atoms with Gasteiger partial charge in [-0.15, -0.1) is 0 Å². The Hall–Kier alpha value is -1.95. The van der Waals surface area contributed by atoms with Crippen molar-refractivity contribution in [3.8, 4) is 0 Å². The monoisotopic (exact) mass is 227 g/mol. The van der Waals surface area contributed by atoms with Crippen LogP contribution in [-0.4, -0.2) is 28.7 Å². The molecule has 0 amide bonds. The summed E-state index contributed by atoms with van der Waals surface area (Å²) < 4.78 is 12.8. The molecule has 0 spiro atoms. The van der Waals surface area contributed by atoms with E-state index in [0.717, 1.165) is 18.2 Å². The number of halogens is 1. The molecule has 1 aromatic rings. The van der Waals surface area contributed by atoms with Gasteiger partial charge in [0.25, 0.3) is 0 Å². The molecule has 1 aromatic carbocycles. The number of hydrogen-bond donors (Lipinski definition) is 3. The fraction of sp³-hybridized carbons (Fsp3) is 0.200. The number of carboxylic acids is 2. The first-order valence-corrected chi connectivity index (χ1v) is 4.43. The van der Waals surface area contributed by atoms with E-state index >= 15 is 0 Å². The van der Waals surface area contributed by atoms with Crippen molar-refractivity contribution in [2.45, 2.75) is 5.92 Å². The minimum Gasteiger partial charge on any atom is -0.481 e. The zero-order chi connectivity index (χ0) is 12.3.